The zero-order chi connectivity index (χ0) is 12.4. The standard InChI is InChI=1S/C13H15NO3/c1-8-5-11(8)13(17)14-10-4-2-3-9(6-10)7-12(15)16/h2-4,6,8,11H,5,7H2,1H3,(H,14,17)(H,15,16). The molecule has 0 spiro atoms. The minimum absolute atomic E-state index is 0.0243. The van der Waals surface area contributed by atoms with Gasteiger partial charge in [-0.2, -0.15) is 0 Å². The molecule has 1 amide bonds. The Morgan fingerprint density at radius 3 is 2.76 bits per heavy atom. The summed E-state index contributed by atoms with van der Waals surface area (Å²) in [5.41, 5.74) is 1.37. The van der Waals surface area contributed by atoms with Gasteiger partial charge in [0.25, 0.3) is 0 Å². The van der Waals surface area contributed by atoms with Gasteiger partial charge in [-0.1, -0.05) is 19.1 Å². The van der Waals surface area contributed by atoms with Gasteiger partial charge >= 0.3 is 5.97 Å². The van der Waals surface area contributed by atoms with Gasteiger partial charge in [0, 0.05) is 11.6 Å². The Balaban J connectivity index is 2.00. The van der Waals surface area contributed by atoms with E-state index in [0.717, 1.165) is 6.42 Å². The lowest BCUT2D eigenvalue weighted by atomic mass is 10.1. The molecule has 1 aromatic carbocycles. The van der Waals surface area contributed by atoms with Crippen molar-refractivity contribution in [1.82, 2.24) is 0 Å². The van der Waals surface area contributed by atoms with Crippen LogP contribution in [-0.2, 0) is 16.0 Å². The second-order valence-electron chi connectivity index (χ2n) is 4.58. The van der Waals surface area contributed by atoms with Gasteiger partial charge in [0.2, 0.25) is 5.91 Å². The minimum Gasteiger partial charge on any atom is -0.481 e. The van der Waals surface area contributed by atoms with Crippen LogP contribution in [0.1, 0.15) is 18.9 Å². The Hall–Kier alpha value is -1.84. The number of rotatable bonds is 4. The summed E-state index contributed by atoms with van der Waals surface area (Å²) in [6, 6.07) is 6.98. The van der Waals surface area contributed by atoms with Gasteiger partial charge in [0.05, 0.1) is 6.42 Å². The van der Waals surface area contributed by atoms with Crippen LogP contribution >= 0.6 is 0 Å². The predicted octanol–water partition coefficient (Wildman–Crippen LogP) is 1.91. The zero-order valence-electron chi connectivity index (χ0n) is 9.64. The van der Waals surface area contributed by atoms with Crippen LogP contribution in [0.25, 0.3) is 0 Å². The second kappa shape index (κ2) is 4.57. The molecular formula is C13H15NO3. The van der Waals surface area contributed by atoms with Gasteiger partial charge in [-0.15, -0.1) is 0 Å². The first-order valence-electron chi connectivity index (χ1n) is 5.68. The Bertz CT molecular complexity index is 456. The van der Waals surface area contributed by atoms with Crippen molar-refractivity contribution >= 4 is 17.6 Å². The number of carboxylic acid groups (broad SMARTS) is 1. The molecule has 2 rings (SSSR count). The highest BCUT2D eigenvalue weighted by atomic mass is 16.4. The lowest BCUT2D eigenvalue weighted by Crippen LogP contribution is -2.14. The van der Waals surface area contributed by atoms with Crippen molar-refractivity contribution in [2.75, 3.05) is 5.32 Å². The molecule has 0 aromatic heterocycles. The van der Waals surface area contributed by atoms with Crippen molar-refractivity contribution in [1.29, 1.82) is 0 Å². The summed E-state index contributed by atoms with van der Waals surface area (Å²) in [7, 11) is 0. The summed E-state index contributed by atoms with van der Waals surface area (Å²) in [4.78, 5) is 22.3. The molecule has 17 heavy (non-hydrogen) atoms. The van der Waals surface area contributed by atoms with Crippen molar-refractivity contribution in [3.8, 4) is 0 Å². The number of nitrogens with one attached hydrogen (secondary N) is 1. The number of anilines is 1. The van der Waals surface area contributed by atoms with Crippen molar-refractivity contribution in [2.24, 2.45) is 11.8 Å². The van der Waals surface area contributed by atoms with E-state index in [-0.39, 0.29) is 18.2 Å². The van der Waals surface area contributed by atoms with E-state index < -0.39 is 5.97 Å². The highest BCUT2D eigenvalue weighted by molar-refractivity contribution is 5.94. The van der Waals surface area contributed by atoms with Crippen molar-refractivity contribution in [3.05, 3.63) is 29.8 Å². The van der Waals surface area contributed by atoms with Crippen LogP contribution in [0, 0.1) is 11.8 Å². The van der Waals surface area contributed by atoms with E-state index in [1.54, 1.807) is 24.3 Å². The number of carboxylic acids is 1. The van der Waals surface area contributed by atoms with Crippen LogP contribution in [0.5, 0.6) is 0 Å². The summed E-state index contributed by atoms with van der Waals surface area (Å²) in [6.07, 6.45) is 0.921. The van der Waals surface area contributed by atoms with Crippen molar-refractivity contribution in [2.45, 2.75) is 19.8 Å². The molecule has 4 nitrogen and oxygen atoms in total. The van der Waals surface area contributed by atoms with E-state index in [1.165, 1.54) is 0 Å². The zero-order valence-corrected chi connectivity index (χ0v) is 9.64. The predicted molar refractivity (Wildman–Crippen MR) is 63.7 cm³/mol. The molecule has 2 unspecified atom stereocenters. The number of hydrogen-bond donors (Lipinski definition) is 2. The SMILES string of the molecule is CC1CC1C(=O)Nc1cccc(CC(=O)O)c1. The van der Waals surface area contributed by atoms with E-state index in [2.05, 4.69) is 5.32 Å². The van der Waals surface area contributed by atoms with Gasteiger partial charge in [0.1, 0.15) is 0 Å². The molecule has 1 aliphatic carbocycles. The summed E-state index contributed by atoms with van der Waals surface area (Å²) in [5, 5.41) is 11.5. The molecule has 1 fully saturated rings. The van der Waals surface area contributed by atoms with Crippen molar-refractivity contribution in [3.63, 3.8) is 0 Å². The molecule has 1 aromatic rings. The van der Waals surface area contributed by atoms with Crippen molar-refractivity contribution < 1.29 is 14.7 Å². The fraction of sp³-hybridized carbons (Fsp3) is 0.385. The summed E-state index contributed by atoms with van der Waals surface area (Å²) in [6.45, 7) is 2.05. The average molecular weight is 233 g/mol. The maximum Gasteiger partial charge on any atom is 0.307 e. The van der Waals surface area contributed by atoms with E-state index >= 15 is 0 Å². The third-order valence-electron chi connectivity index (χ3n) is 3.00. The van der Waals surface area contributed by atoms with E-state index in [9.17, 15) is 9.59 Å². The summed E-state index contributed by atoms with van der Waals surface area (Å²) >= 11 is 0. The minimum atomic E-state index is -0.871. The monoisotopic (exact) mass is 233 g/mol. The molecular weight excluding hydrogens is 218 g/mol. The quantitative estimate of drug-likeness (QED) is 0.834. The fourth-order valence-corrected chi connectivity index (χ4v) is 1.86. The molecule has 0 heterocycles. The largest absolute Gasteiger partial charge is 0.481 e. The van der Waals surface area contributed by atoms with Gasteiger partial charge in [-0.3, -0.25) is 9.59 Å². The van der Waals surface area contributed by atoms with E-state index in [4.69, 9.17) is 5.11 Å². The smallest absolute Gasteiger partial charge is 0.307 e. The molecule has 1 saturated carbocycles. The molecule has 0 radical (unpaired) electrons. The number of amides is 1. The lowest BCUT2D eigenvalue weighted by molar-refractivity contribution is -0.136. The third kappa shape index (κ3) is 3.06. The molecule has 0 saturated heterocycles. The molecule has 1 aliphatic rings. The number of aliphatic carboxylic acids is 1. The third-order valence-corrected chi connectivity index (χ3v) is 3.00. The van der Waals surface area contributed by atoms with Crippen LogP contribution in [-0.4, -0.2) is 17.0 Å². The number of carbonyl (C=O) groups excluding carboxylic acids is 1. The molecule has 0 aliphatic heterocycles. The first-order valence-corrected chi connectivity index (χ1v) is 5.68. The first-order chi connectivity index (χ1) is 8.06. The molecule has 4 heteroatoms. The maximum atomic E-state index is 11.7. The van der Waals surface area contributed by atoms with Crippen LogP contribution in [0.2, 0.25) is 0 Å². The number of carbonyl (C=O) groups is 2. The van der Waals surface area contributed by atoms with Crippen LogP contribution < -0.4 is 5.32 Å². The Morgan fingerprint density at radius 1 is 1.47 bits per heavy atom. The van der Waals surface area contributed by atoms with Crippen LogP contribution in [0.4, 0.5) is 5.69 Å². The van der Waals surface area contributed by atoms with Gasteiger partial charge < -0.3 is 10.4 Å². The van der Waals surface area contributed by atoms with Crippen LogP contribution in [0.3, 0.4) is 0 Å². The molecule has 2 N–H and O–H groups in total. The fourth-order valence-electron chi connectivity index (χ4n) is 1.86. The Morgan fingerprint density at radius 2 is 2.18 bits per heavy atom. The average Bonchev–Trinajstić information content (AvgIpc) is 2.95. The first kappa shape index (κ1) is 11.6. The Labute approximate surface area is 99.6 Å². The van der Waals surface area contributed by atoms with Crippen LogP contribution in [0.15, 0.2) is 24.3 Å². The summed E-state index contributed by atoms with van der Waals surface area (Å²) in [5.74, 6) is -0.246. The second-order valence-corrected chi connectivity index (χ2v) is 4.58. The highest BCUT2D eigenvalue weighted by Crippen LogP contribution is 2.38. The highest BCUT2D eigenvalue weighted by Gasteiger charge is 2.38. The lowest BCUT2D eigenvalue weighted by Gasteiger charge is -2.06. The maximum absolute atomic E-state index is 11.7. The van der Waals surface area contributed by atoms with Gasteiger partial charge in [-0.05, 0) is 30.0 Å². The molecule has 2 atom stereocenters. The van der Waals surface area contributed by atoms with Gasteiger partial charge in [-0.25, -0.2) is 0 Å². The topological polar surface area (TPSA) is 66.4 Å². The normalized spacial score (nSPS) is 21.9. The van der Waals surface area contributed by atoms with E-state index in [1.807, 2.05) is 6.92 Å². The Kier molecular flexibility index (Phi) is 3.13. The summed E-state index contributed by atoms with van der Waals surface area (Å²) < 4.78 is 0. The number of benzene rings is 1. The molecule has 90 valence electrons. The van der Waals surface area contributed by atoms with E-state index in [0.29, 0.717) is 17.2 Å². The van der Waals surface area contributed by atoms with Gasteiger partial charge in [0.15, 0.2) is 0 Å². The molecule has 0 bridgehead atoms. The number of hydrogen-bond acceptors (Lipinski definition) is 2.